The van der Waals surface area contributed by atoms with Gasteiger partial charge in [-0.15, -0.1) is 0 Å². The lowest BCUT2D eigenvalue weighted by atomic mass is 10.2. The van der Waals surface area contributed by atoms with Crippen LogP contribution in [0.25, 0.3) is 0 Å². The van der Waals surface area contributed by atoms with E-state index in [1.807, 2.05) is 6.92 Å². The zero-order valence-electron chi connectivity index (χ0n) is 11.9. The van der Waals surface area contributed by atoms with Gasteiger partial charge in [0, 0.05) is 13.1 Å². The number of nitrogens with one attached hydrogen (secondary N) is 1. The fourth-order valence-corrected chi connectivity index (χ4v) is 2.40. The quantitative estimate of drug-likeness (QED) is 0.714. The molecule has 6 nitrogen and oxygen atoms in total. The van der Waals surface area contributed by atoms with Gasteiger partial charge in [-0.2, -0.15) is 0 Å². The summed E-state index contributed by atoms with van der Waals surface area (Å²) in [7, 11) is 1.71. The van der Waals surface area contributed by atoms with Gasteiger partial charge in [-0.1, -0.05) is 0 Å². The molecule has 0 aliphatic carbocycles. The van der Waals surface area contributed by atoms with Crippen LogP contribution in [0.5, 0.6) is 0 Å². The predicted octanol–water partition coefficient (Wildman–Crippen LogP) is -0.366. The van der Waals surface area contributed by atoms with Gasteiger partial charge < -0.3 is 15.1 Å². The number of amides is 2. The van der Waals surface area contributed by atoms with Crippen LogP contribution in [0.4, 0.5) is 0 Å². The Balaban J connectivity index is 2.73. The lowest BCUT2D eigenvalue weighted by Crippen LogP contribution is -2.50. The van der Waals surface area contributed by atoms with Crippen molar-refractivity contribution in [2.45, 2.75) is 32.7 Å². The van der Waals surface area contributed by atoms with E-state index in [4.69, 9.17) is 0 Å². The minimum Gasteiger partial charge on any atom is -0.334 e. The van der Waals surface area contributed by atoms with Gasteiger partial charge in [-0.25, -0.2) is 0 Å². The predicted molar refractivity (Wildman–Crippen MR) is 71.6 cm³/mol. The summed E-state index contributed by atoms with van der Waals surface area (Å²) >= 11 is 0. The molecule has 1 aliphatic rings. The number of carbonyl (C=O) groups is 3. The van der Waals surface area contributed by atoms with Gasteiger partial charge >= 0.3 is 0 Å². The second-order valence-corrected chi connectivity index (χ2v) is 4.83. The molecule has 0 saturated carbocycles. The van der Waals surface area contributed by atoms with Gasteiger partial charge in [-0.3, -0.25) is 14.4 Å². The van der Waals surface area contributed by atoms with Crippen LogP contribution in [0.3, 0.4) is 0 Å². The van der Waals surface area contributed by atoms with Gasteiger partial charge in [0.25, 0.3) is 0 Å². The number of hydrogen-bond donors (Lipinski definition) is 1. The third kappa shape index (κ3) is 4.02. The lowest BCUT2D eigenvalue weighted by Gasteiger charge is -2.29. The molecular formula is C13H23N3O3. The first-order chi connectivity index (χ1) is 9.01. The van der Waals surface area contributed by atoms with E-state index in [0.29, 0.717) is 19.5 Å². The van der Waals surface area contributed by atoms with Crippen LogP contribution in [0.2, 0.25) is 0 Å². The third-order valence-electron chi connectivity index (χ3n) is 3.29. The summed E-state index contributed by atoms with van der Waals surface area (Å²) in [6.07, 6.45) is 1.52. The number of likely N-dealkylation sites (tertiary alicyclic amines) is 1. The molecule has 0 spiro atoms. The number of carbonyl (C=O) groups excluding carboxylic acids is 3. The Morgan fingerprint density at radius 1 is 1.37 bits per heavy atom. The maximum absolute atomic E-state index is 12.4. The molecule has 1 rings (SSSR count). The van der Waals surface area contributed by atoms with Gasteiger partial charge in [-0.05, 0) is 33.7 Å². The molecule has 1 fully saturated rings. The van der Waals surface area contributed by atoms with Crippen molar-refractivity contribution in [3.8, 4) is 0 Å². The molecule has 2 amide bonds. The molecule has 0 aromatic rings. The molecule has 1 atom stereocenters. The van der Waals surface area contributed by atoms with Crippen molar-refractivity contribution in [1.29, 1.82) is 0 Å². The molecule has 0 aromatic carbocycles. The zero-order chi connectivity index (χ0) is 14.4. The van der Waals surface area contributed by atoms with Crippen molar-refractivity contribution < 1.29 is 14.4 Å². The highest BCUT2D eigenvalue weighted by molar-refractivity contribution is 5.91. The summed E-state index contributed by atoms with van der Waals surface area (Å²) in [5.74, 6) is -0.210. The Kier molecular flexibility index (Phi) is 5.95. The SMILES string of the molecule is CCN(CC(C)=O)C(=O)[C@H]1CCCN1C(=O)CNC. The normalized spacial score (nSPS) is 18.5. The highest BCUT2D eigenvalue weighted by Gasteiger charge is 2.35. The number of hydrogen-bond acceptors (Lipinski definition) is 4. The summed E-state index contributed by atoms with van der Waals surface area (Å²) < 4.78 is 0. The smallest absolute Gasteiger partial charge is 0.245 e. The number of Topliss-reactive ketones (excluding diaryl/α,β-unsaturated/α-hetero) is 1. The molecule has 1 N–H and O–H groups in total. The van der Waals surface area contributed by atoms with Crippen molar-refractivity contribution in [1.82, 2.24) is 15.1 Å². The fourth-order valence-electron chi connectivity index (χ4n) is 2.40. The molecule has 6 heteroatoms. The summed E-state index contributed by atoms with van der Waals surface area (Å²) in [5, 5.41) is 2.81. The molecular weight excluding hydrogens is 246 g/mol. The van der Waals surface area contributed by atoms with E-state index >= 15 is 0 Å². The highest BCUT2D eigenvalue weighted by Crippen LogP contribution is 2.19. The zero-order valence-corrected chi connectivity index (χ0v) is 11.9. The molecule has 1 saturated heterocycles. The standard InChI is InChI=1S/C13H23N3O3/c1-4-15(9-10(2)17)13(19)11-6-5-7-16(11)12(18)8-14-3/h11,14H,4-9H2,1-3H3/t11-/m1/s1. The lowest BCUT2D eigenvalue weighted by molar-refractivity contribution is -0.144. The molecule has 108 valence electrons. The molecule has 0 bridgehead atoms. The minimum absolute atomic E-state index is 0.0405. The summed E-state index contributed by atoms with van der Waals surface area (Å²) in [5.41, 5.74) is 0. The Morgan fingerprint density at radius 3 is 2.58 bits per heavy atom. The average Bonchev–Trinajstić information content (AvgIpc) is 2.84. The van der Waals surface area contributed by atoms with Crippen molar-refractivity contribution >= 4 is 17.6 Å². The summed E-state index contributed by atoms with van der Waals surface area (Å²) in [6, 6.07) is -0.403. The van der Waals surface area contributed by atoms with Gasteiger partial charge in [0.2, 0.25) is 11.8 Å². The van der Waals surface area contributed by atoms with Crippen molar-refractivity contribution in [2.75, 3.05) is 33.2 Å². The van der Waals surface area contributed by atoms with E-state index < -0.39 is 6.04 Å². The monoisotopic (exact) mass is 269 g/mol. The first-order valence-electron chi connectivity index (χ1n) is 6.73. The van der Waals surface area contributed by atoms with Crippen LogP contribution in [-0.2, 0) is 14.4 Å². The number of nitrogens with zero attached hydrogens (tertiary/aromatic N) is 2. The fraction of sp³-hybridized carbons (Fsp3) is 0.769. The minimum atomic E-state index is -0.403. The van der Waals surface area contributed by atoms with Crippen LogP contribution in [0.1, 0.15) is 26.7 Å². The maximum atomic E-state index is 12.4. The van der Waals surface area contributed by atoms with Crippen molar-refractivity contribution in [3.05, 3.63) is 0 Å². The Hall–Kier alpha value is -1.43. The van der Waals surface area contributed by atoms with E-state index in [0.717, 1.165) is 6.42 Å². The van der Waals surface area contributed by atoms with Crippen LogP contribution < -0.4 is 5.32 Å². The average molecular weight is 269 g/mol. The first kappa shape index (κ1) is 15.6. The van der Waals surface area contributed by atoms with Crippen molar-refractivity contribution in [3.63, 3.8) is 0 Å². The Bertz CT molecular complexity index is 357. The number of rotatable bonds is 6. The number of likely N-dealkylation sites (N-methyl/N-ethyl adjacent to an activating group) is 2. The van der Waals surface area contributed by atoms with E-state index in [1.165, 1.54) is 11.8 Å². The molecule has 19 heavy (non-hydrogen) atoms. The molecule has 1 heterocycles. The molecule has 0 unspecified atom stereocenters. The highest BCUT2D eigenvalue weighted by atomic mass is 16.2. The molecule has 0 aromatic heterocycles. The van der Waals surface area contributed by atoms with Crippen LogP contribution in [-0.4, -0.2) is 66.7 Å². The molecule has 1 aliphatic heterocycles. The number of ketones is 1. The van der Waals surface area contributed by atoms with Crippen LogP contribution in [0.15, 0.2) is 0 Å². The molecule has 0 radical (unpaired) electrons. The van der Waals surface area contributed by atoms with E-state index in [1.54, 1.807) is 11.9 Å². The second-order valence-electron chi connectivity index (χ2n) is 4.83. The maximum Gasteiger partial charge on any atom is 0.245 e. The topological polar surface area (TPSA) is 69.7 Å². The Labute approximate surface area is 114 Å². The van der Waals surface area contributed by atoms with Crippen molar-refractivity contribution in [2.24, 2.45) is 0 Å². The summed E-state index contributed by atoms with van der Waals surface area (Å²) in [4.78, 5) is 38.6. The van der Waals surface area contributed by atoms with E-state index in [-0.39, 0.29) is 30.7 Å². The van der Waals surface area contributed by atoms with Crippen LogP contribution >= 0.6 is 0 Å². The van der Waals surface area contributed by atoms with E-state index in [2.05, 4.69) is 5.32 Å². The second kappa shape index (κ2) is 7.23. The van der Waals surface area contributed by atoms with Gasteiger partial charge in [0.1, 0.15) is 11.8 Å². The van der Waals surface area contributed by atoms with Gasteiger partial charge in [0.05, 0.1) is 13.1 Å². The van der Waals surface area contributed by atoms with Gasteiger partial charge in [0.15, 0.2) is 0 Å². The third-order valence-corrected chi connectivity index (χ3v) is 3.29. The largest absolute Gasteiger partial charge is 0.334 e. The van der Waals surface area contributed by atoms with E-state index in [9.17, 15) is 14.4 Å². The van der Waals surface area contributed by atoms with Crippen LogP contribution in [0, 0.1) is 0 Å². The first-order valence-corrected chi connectivity index (χ1v) is 6.73. The summed E-state index contributed by atoms with van der Waals surface area (Å²) in [6.45, 7) is 4.78. The Morgan fingerprint density at radius 2 is 2.05 bits per heavy atom.